The molecule has 0 aromatic heterocycles. The first-order valence-corrected chi connectivity index (χ1v) is 8.67. The van der Waals surface area contributed by atoms with Gasteiger partial charge in [-0.15, -0.1) is 0 Å². The topological polar surface area (TPSA) is 67.9 Å². The van der Waals surface area contributed by atoms with Crippen LogP contribution in [0.3, 0.4) is 0 Å². The van der Waals surface area contributed by atoms with Gasteiger partial charge >= 0.3 is 15.5 Å². The van der Waals surface area contributed by atoms with E-state index >= 15 is 0 Å². The second-order valence-electron chi connectivity index (χ2n) is 5.39. The maximum Gasteiger partial charge on any atom is 0.511 e. The fourth-order valence-electron chi connectivity index (χ4n) is 2.55. The maximum atomic E-state index is 12.7. The molecule has 0 unspecified atom stereocenters. The van der Waals surface area contributed by atoms with Gasteiger partial charge in [-0.2, -0.15) is 17.5 Å². The van der Waals surface area contributed by atoms with Crippen molar-refractivity contribution >= 4 is 15.7 Å². The monoisotopic (exact) mass is 368 g/mol. The van der Waals surface area contributed by atoms with Gasteiger partial charge in [0.05, 0.1) is 14.2 Å². The molecule has 1 aromatic carbocycles. The molecule has 10 heteroatoms. The number of anilines is 1. The summed E-state index contributed by atoms with van der Waals surface area (Å²) in [6, 6.07) is 4.55. The number of sulfonamides is 1. The first-order valence-electron chi connectivity index (χ1n) is 7.23. The van der Waals surface area contributed by atoms with E-state index < -0.39 is 21.6 Å². The van der Waals surface area contributed by atoms with Gasteiger partial charge in [-0.05, 0) is 12.8 Å². The molecule has 1 N–H and O–H groups in total. The molecule has 0 aliphatic carbocycles. The van der Waals surface area contributed by atoms with Gasteiger partial charge in [0.1, 0.15) is 11.5 Å². The summed E-state index contributed by atoms with van der Waals surface area (Å²) < 4.78 is 71.9. The number of piperidine rings is 1. The normalized spacial score (nSPS) is 19.8. The fourth-order valence-corrected chi connectivity index (χ4v) is 3.59. The lowest BCUT2D eigenvalue weighted by molar-refractivity contribution is -0.0494. The van der Waals surface area contributed by atoms with Crippen LogP contribution in [0, 0.1) is 0 Å². The molecule has 1 heterocycles. The van der Waals surface area contributed by atoms with Crippen LogP contribution in [0.25, 0.3) is 0 Å². The summed E-state index contributed by atoms with van der Waals surface area (Å²) >= 11 is 0. The summed E-state index contributed by atoms with van der Waals surface area (Å²) in [6.07, 6.45) is 0.900. The molecular formula is C14H19F3N2O4S. The molecule has 0 radical (unpaired) electrons. The average molecular weight is 368 g/mol. The molecule has 0 saturated carbocycles. The summed E-state index contributed by atoms with van der Waals surface area (Å²) in [5.74, 6) is 1.04. The van der Waals surface area contributed by atoms with E-state index in [1.807, 2.05) is 0 Å². The summed E-state index contributed by atoms with van der Waals surface area (Å²) in [5.41, 5.74) is -4.70. The average Bonchev–Trinajstić information content (AvgIpc) is 2.53. The van der Waals surface area contributed by atoms with E-state index in [0.717, 1.165) is 0 Å². The number of methoxy groups -OCH3 is 2. The molecule has 1 aliphatic rings. The zero-order valence-electron chi connectivity index (χ0n) is 13.3. The second-order valence-corrected chi connectivity index (χ2v) is 7.32. The molecule has 1 fully saturated rings. The Kier molecular flexibility index (Phi) is 5.49. The molecule has 1 atom stereocenters. The molecule has 24 heavy (non-hydrogen) atoms. The number of nitrogens with zero attached hydrogens (tertiary/aromatic N) is 1. The third kappa shape index (κ3) is 4.04. The first-order chi connectivity index (χ1) is 11.2. The highest BCUT2D eigenvalue weighted by Gasteiger charge is 2.50. The molecular weight excluding hydrogens is 349 g/mol. The minimum absolute atomic E-state index is 0.137. The minimum Gasteiger partial charge on any atom is -0.497 e. The Labute approximate surface area is 138 Å². The highest BCUT2D eigenvalue weighted by atomic mass is 32.2. The Bertz CT molecular complexity index is 657. The largest absolute Gasteiger partial charge is 0.511 e. The van der Waals surface area contributed by atoms with Crippen molar-refractivity contribution in [1.82, 2.24) is 4.31 Å². The van der Waals surface area contributed by atoms with E-state index in [0.29, 0.717) is 34.3 Å². The van der Waals surface area contributed by atoms with Crippen molar-refractivity contribution in [3.8, 4) is 11.5 Å². The summed E-state index contributed by atoms with van der Waals surface area (Å²) in [5, 5.41) is 3.05. The quantitative estimate of drug-likeness (QED) is 0.865. The Balaban J connectivity index is 2.14. The van der Waals surface area contributed by atoms with Crippen LogP contribution in [-0.4, -0.2) is 51.6 Å². The fraction of sp³-hybridized carbons (Fsp3) is 0.571. The van der Waals surface area contributed by atoms with Crippen LogP contribution >= 0.6 is 0 Å². The first kappa shape index (κ1) is 18.7. The van der Waals surface area contributed by atoms with E-state index in [9.17, 15) is 21.6 Å². The van der Waals surface area contributed by atoms with Gasteiger partial charge in [0, 0.05) is 43.0 Å². The van der Waals surface area contributed by atoms with Crippen molar-refractivity contribution < 1.29 is 31.1 Å². The van der Waals surface area contributed by atoms with Gasteiger partial charge in [-0.25, -0.2) is 8.42 Å². The summed E-state index contributed by atoms with van der Waals surface area (Å²) in [7, 11) is -2.34. The Hall–Kier alpha value is -1.68. The van der Waals surface area contributed by atoms with Crippen LogP contribution in [0.4, 0.5) is 18.9 Å². The summed E-state index contributed by atoms with van der Waals surface area (Å²) in [4.78, 5) is 0. The number of ether oxygens (including phenoxy) is 2. The maximum absolute atomic E-state index is 12.7. The number of nitrogens with one attached hydrogen (secondary N) is 1. The highest BCUT2D eigenvalue weighted by molar-refractivity contribution is 7.90. The van der Waals surface area contributed by atoms with E-state index in [-0.39, 0.29) is 13.1 Å². The molecule has 1 aromatic rings. The zero-order valence-corrected chi connectivity index (χ0v) is 14.1. The van der Waals surface area contributed by atoms with Crippen LogP contribution in [0.2, 0.25) is 0 Å². The predicted molar refractivity (Wildman–Crippen MR) is 82.7 cm³/mol. The molecule has 2 rings (SSSR count). The van der Waals surface area contributed by atoms with Gasteiger partial charge < -0.3 is 14.8 Å². The molecule has 6 nitrogen and oxygen atoms in total. The second kappa shape index (κ2) is 7.06. The standard InChI is InChI=1S/C14H19F3N2O4S/c1-22-12-6-11(7-13(8-12)23-2)18-10-4-3-5-19(9-10)24(20,21)14(15,16)17/h6-8,10,18H,3-5,9H2,1-2H3/t10-/m1/s1. The van der Waals surface area contributed by atoms with E-state index in [2.05, 4.69) is 5.32 Å². The highest BCUT2D eigenvalue weighted by Crippen LogP contribution is 2.31. The lowest BCUT2D eigenvalue weighted by atomic mass is 10.1. The van der Waals surface area contributed by atoms with Crippen LogP contribution in [0.5, 0.6) is 11.5 Å². The number of hydrogen-bond donors (Lipinski definition) is 1. The van der Waals surface area contributed by atoms with Crippen LogP contribution in [0.1, 0.15) is 12.8 Å². The van der Waals surface area contributed by atoms with Crippen molar-refractivity contribution in [1.29, 1.82) is 0 Å². The van der Waals surface area contributed by atoms with Crippen molar-refractivity contribution in [3.05, 3.63) is 18.2 Å². The third-order valence-electron chi connectivity index (χ3n) is 3.74. The van der Waals surface area contributed by atoms with Crippen molar-refractivity contribution in [2.24, 2.45) is 0 Å². The van der Waals surface area contributed by atoms with Crippen LogP contribution in [-0.2, 0) is 10.0 Å². The Morgan fingerprint density at radius 1 is 1.17 bits per heavy atom. The smallest absolute Gasteiger partial charge is 0.497 e. The number of rotatable bonds is 5. The third-order valence-corrected chi connectivity index (χ3v) is 5.34. The van der Waals surface area contributed by atoms with Crippen molar-refractivity contribution in [2.75, 3.05) is 32.6 Å². The van der Waals surface area contributed by atoms with Crippen LogP contribution in [0.15, 0.2) is 18.2 Å². The molecule has 0 amide bonds. The van der Waals surface area contributed by atoms with E-state index in [1.54, 1.807) is 18.2 Å². The lowest BCUT2D eigenvalue weighted by Gasteiger charge is -2.33. The number of benzene rings is 1. The molecule has 1 aliphatic heterocycles. The van der Waals surface area contributed by atoms with Crippen molar-refractivity contribution in [3.63, 3.8) is 0 Å². The Morgan fingerprint density at radius 3 is 2.25 bits per heavy atom. The predicted octanol–water partition coefficient (Wildman–Crippen LogP) is 2.43. The molecule has 1 saturated heterocycles. The lowest BCUT2D eigenvalue weighted by Crippen LogP contribution is -2.49. The van der Waals surface area contributed by atoms with Gasteiger partial charge in [0.25, 0.3) is 0 Å². The number of hydrogen-bond acceptors (Lipinski definition) is 5. The number of halogens is 3. The van der Waals surface area contributed by atoms with Gasteiger partial charge in [0.15, 0.2) is 0 Å². The molecule has 0 spiro atoms. The van der Waals surface area contributed by atoms with E-state index in [4.69, 9.17) is 9.47 Å². The van der Waals surface area contributed by atoms with E-state index in [1.165, 1.54) is 14.2 Å². The van der Waals surface area contributed by atoms with Gasteiger partial charge in [0.2, 0.25) is 0 Å². The van der Waals surface area contributed by atoms with Gasteiger partial charge in [-0.1, -0.05) is 0 Å². The SMILES string of the molecule is COc1cc(N[C@@H]2CCCN(S(=O)(=O)C(F)(F)F)C2)cc(OC)c1. The summed E-state index contributed by atoms with van der Waals surface area (Å²) in [6.45, 7) is -0.386. The minimum atomic E-state index is -5.31. The van der Waals surface area contributed by atoms with Gasteiger partial charge in [-0.3, -0.25) is 0 Å². The molecule has 136 valence electrons. The zero-order chi connectivity index (χ0) is 18.0. The van der Waals surface area contributed by atoms with Crippen LogP contribution < -0.4 is 14.8 Å². The number of alkyl halides is 3. The van der Waals surface area contributed by atoms with Crippen molar-refractivity contribution in [2.45, 2.75) is 24.4 Å². The molecule has 0 bridgehead atoms. The Morgan fingerprint density at radius 2 is 1.75 bits per heavy atom.